The van der Waals surface area contributed by atoms with E-state index in [-0.39, 0.29) is 0 Å². The molecule has 0 saturated carbocycles. The molecule has 3 N–H and O–H groups in total. The molecular weight excluding hydrogens is 198 g/mol. The number of nitrogens with two attached hydrogens (primary N) is 1. The Morgan fingerprint density at radius 2 is 1.73 bits per heavy atom. The highest BCUT2D eigenvalue weighted by atomic mass is 16.5. The summed E-state index contributed by atoms with van der Waals surface area (Å²) >= 11 is 0. The highest BCUT2D eigenvalue weighted by molar-refractivity contribution is 5.75. The summed E-state index contributed by atoms with van der Waals surface area (Å²) < 4.78 is 10.00. The maximum absolute atomic E-state index is 10.7. The zero-order chi connectivity index (χ0) is 11.4. The molecule has 1 rings (SSSR count). The van der Waals surface area contributed by atoms with E-state index in [1.807, 2.05) is 0 Å². The summed E-state index contributed by atoms with van der Waals surface area (Å²) in [6, 6.07) is 3.72. The van der Waals surface area contributed by atoms with Gasteiger partial charge in [0.2, 0.25) is 0 Å². The molecule has 0 amide bonds. The van der Waals surface area contributed by atoms with Gasteiger partial charge in [-0.25, -0.2) is 0 Å². The first-order valence-corrected chi connectivity index (χ1v) is 4.30. The standard InChI is InChI=1S/C10H13NO4/c1-14-7-3-6(9(11)10(12)13)4-8(5-7)15-2/h3-5,9H,11H2,1-2H3,(H,12,13). The lowest BCUT2D eigenvalue weighted by Gasteiger charge is -2.11. The lowest BCUT2D eigenvalue weighted by atomic mass is 10.1. The molecule has 0 saturated heterocycles. The van der Waals surface area contributed by atoms with Crippen LogP contribution in [-0.2, 0) is 4.79 Å². The Morgan fingerprint density at radius 1 is 1.27 bits per heavy atom. The van der Waals surface area contributed by atoms with Gasteiger partial charge in [-0.1, -0.05) is 0 Å². The highest BCUT2D eigenvalue weighted by Gasteiger charge is 2.16. The van der Waals surface area contributed by atoms with E-state index >= 15 is 0 Å². The smallest absolute Gasteiger partial charge is 0.325 e. The van der Waals surface area contributed by atoms with E-state index in [4.69, 9.17) is 20.3 Å². The van der Waals surface area contributed by atoms with Crippen LogP contribution in [-0.4, -0.2) is 25.3 Å². The van der Waals surface area contributed by atoms with Gasteiger partial charge in [-0.15, -0.1) is 0 Å². The Morgan fingerprint density at radius 3 is 2.07 bits per heavy atom. The van der Waals surface area contributed by atoms with Gasteiger partial charge in [-0.3, -0.25) is 4.79 Å². The summed E-state index contributed by atoms with van der Waals surface area (Å²) in [6.07, 6.45) is 0. The van der Waals surface area contributed by atoms with Crippen molar-refractivity contribution in [1.82, 2.24) is 0 Å². The first kappa shape index (κ1) is 11.3. The van der Waals surface area contributed by atoms with Gasteiger partial charge in [0, 0.05) is 6.07 Å². The summed E-state index contributed by atoms with van der Waals surface area (Å²) in [5.41, 5.74) is 5.92. The molecule has 0 bridgehead atoms. The largest absolute Gasteiger partial charge is 0.497 e. The topological polar surface area (TPSA) is 81.8 Å². The van der Waals surface area contributed by atoms with Crippen LogP contribution in [0.25, 0.3) is 0 Å². The summed E-state index contributed by atoms with van der Waals surface area (Å²) in [5.74, 6) is -0.0626. The first-order valence-electron chi connectivity index (χ1n) is 4.30. The van der Waals surface area contributed by atoms with Crippen molar-refractivity contribution in [2.75, 3.05) is 14.2 Å². The number of rotatable bonds is 4. The SMILES string of the molecule is COc1cc(OC)cc(C(N)C(=O)O)c1. The van der Waals surface area contributed by atoms with Crippen molar-refractivity contribution in [3.63, 3.8) is 0 Å². The van der Waals surface area contributed by atoms with E-state index in [0.717, 1.165) is 0 Å². The van der Waals surface area contributed by atoms with Crippen molar-refractivity contribution in [2.24, 2.45) is 5.73 Å². The summed E-state index contributed by atoms with van der Waals surface area (Å²) in [6.45, 7) is 0. The third-order valence-corrected chi connectivity index (χ3v) is 2.00. The molecule has 82 valence electrons. The molecule has 1 aromatic rings. The predicted molar refractivity (Wildman–Crippen MR) is 54.1 cm³/mol. The Hall–Kier alpha value is -1.75. The average Bonchev–Trinajstić information content (AvgIpc) is 2.27. The second kappa shape index (κ2) is 4.65. The highest BCUT2D eigenvalue weighted by Crippen LogP contribution is 2.25. The zero-order valence-corrected chi connectivity index (χ0v) is 8.56. The van der Waals surface area contributed by atoms with E-state index in [0.29, 0.717) is 17.1 Å². The number of hydrogen-bond donors (Lipinski definition) is 2. The number of methoxy groups -OCH3 is 2. The van der Waals surface area contributed by atoms with Gasteiger partial charge in [0.15, 0.2) is 0 Å². The number of carboxylic acids is 1. The minimum absolute atomic E-state index is 0.443. The number of carbonyl (C=O) groups is 1. The van der Waals surface area contributed by atoms with E-state index in [2.05, 4.69) is 0 Å². The predicted octanol–water partition coefficient (Wildman–Crippen LogP) is 0.788. The molecule has 1 unspecified atom stereocenters. The van der Waals surface area contributed by atoms with Crippen molar-refractivity contribution in [2.45, 2.75) is 6.04 Å². The zero-order valence-electron chi connectivity index (χ0n) is 8.56. The summed E-state index contributed by atoms with van der Waals surface area (Å²) in [4.78, 5) is 10.7. The molecule has 0 aliphatic rings. The van der Waals surface area contributed by atoms with Gasteiger partial charge in [-0.05, 0) is 17.7 Å². The van der Waals surface area contributed by atoms with Crippen molar-refractivity contribution in [3.8, 4) is 11.5 Å². The molecule has 5 nitrogen and oxygen atoms in total. The van der Waals surface area contributed by atoms with Crippen LogP contribution in [0.2, 0.25) is 0 Å². The third kappa shape index (κ3) is 2.60. The van der Waals surface area contributed by atoms with Gasteiger partial charge in [0.05, 0.1) is 14.2 Å². The molecule has 0 aromatic heterocycles. The van der Waals surface area contributed by atoms with Gasteiger partial charge >= 0.3 is 5.97 Å². The van der Waals surface area contributed by atoms with Crippen LogP contribution in [0.4, 0.5) is 0 Å². The quantitative estimate of drug-likeness (QED) is 0.769. The normalized spacial score (nSPS) is 11.9. The summed E-state index contributed by atoms with van der Waals surface area (Å²) in [7, 11) is 2.98. The monoisotopic (exact) mass is 211 g/mol. The van der Waals surface area contributed by atoms with Crippen molar-refractivity contribution >= 4 is 5.97 Å². The second-order valence-electron chi connectivity index (χ2n) is 2.96. The van der Waals surface area contributed by atoms with Crippen LogP contribution in [0.3, 0.4) is 0 Å². The minimum atomic E-state index is -1.09. The Balaban J connectivity index is 3.11. The van der Waals surface area contributed by atoms with Gasteiger partial charge in [0.1, 0.15) is 17.5 Å². The maximum Gasteiger partial charge on any atom is 0.325 e. The lowest BCUT2D eigenvalue weighted by Crippen LogP contribution is -2.20. The van der Waals surface area contributed by atoms with Crippen molar-refractivity contribution < 1.29 is 19.4 Å². The Kier molecular flexibility index (Phi) is 3.51. The van der Waals surface area contributed by atoms with Gasteiger partial charge in [0.25, 0.3) is 0 Å². The van der Waals surface area contributed by atoms with Gasteiger partial charge in [-0.2, -0.15) is 0 Å². The van der Waals surface area contributed by atoms with E-state index in [1.54, 1.807) is 18.2 Å². The fourth-order valence-corrected chi connectivity index (χ4v) is 1.15. The van der Waals surface area contributed by atoms with E-state index in [9.17, 15) is 4.79 Å². The van der Waals surface area contributed by atoms with Crippen LogP contribution in [0.1, 0.15) is 11.6 Å². The molecule has 0 radical (unpaired) electrons. The van der Waals surface area contributed by atoms with Crippen LogP contribution >= 0.6 is 0 Å². The third-order valence-electron chi connectivity index (χ3n) is 2.00. The molecule has 0 aliphatic carbocycles. The average molecular weight is 211 g/mol. The first-order chi connectivity index (χ1) is 7.08. The second-order valence-corrected chi connectivity index (χ2v) is 2.96. The van der Waals surface area contributed by atoms with Crippen LogP contribution in [0, 0.1) is 0 Å². The molecule has 0 heterocycles. The molecule has 15 heavy (non-hydrogen) atoms. The fraction of sp³-hybridized carbons (Fsp3) is 0.300. The molecule has 0 spiro atoms. The lowest BCUT2D eigenvalue weighted by molar-refractivity contribution is -0.138. The van der Waals surface area contributed by atoms with E-state index < -0.39 is 12.0 Å². The molecule has 1 aromatic carbocycles. The number of aliphatic carboxylic acids is 1. The fourth-order valence-electron chi connectivity index (χ4n) is 1.15. The number of hydrogen-bond acceptors (Lipinski definition) is 4. The van der Waals surface area contributed by atoms with Crippen molar-refractivity contribution in [3.05, 3.63) is 23.8 Å². The van der Waals surface area contributed by atoms with Crippen molar-refractivity contribution in [1.29, 1.82) is 0 Å². The number of benzene rings is 1. The minimum Gasteiger partial charge on any atom is -0.497 e. The molecule has 0 fully saturated rings. The molecule has 5 heteroatoms. The van der Waals surface area contributed by atoms with E-state index in [1.165, 1.54) is 14.2 Å². The van der Waals surface area contributed by atoms with Crippen LogP contribution in [0.5, 0.6) is 11.5 Å². The molecule has 0 aliphatic heterocycles. The maximum atomic E-state index is 10.7. The Bertz CT molecular complexity index is 342. The summed E-state index contributed by atoms with van der Waals surface area (Å²) in [5, 5.41) is 8.76. The van der Waals surface area contributed by atoms with Crippen LogP contribution in [0.15, 0.2) is 18.2 Å². The number of carboxylic acid groups (broad SMARTS) is 1. The van der Waals surface area contributed by atoms with Gasteiger partial charge < -0.3 is 20.3 Å². The molecular formula is C10H13NO4. The Labute approximate surface area is 87.4 Å². The molecule has 1 atom stereocenters. The number of ether oxygens (including phenoxy) is 2. The van der Waals surface area contributed by atoms with Crippen LogP contribution < -0.4 is 15.2 Å².